The molecular weight excluding hydrogens is 216 g/mol. The monoisotopic (exact) mass is 232 g/mol. The number of hydrogen-bond donors (Lipinski definition) is 2. The lowest BCUT2D eigenvalue weighted by Gasteiger charge is -2.00. The van der Waals surface area contributed by atoms with Gasteiger partial charge in [0.15, 0.2) is 5.65 Å². The molecule has 2 N–H and O–H groups in total. The lowest BCUT2D eigenvalue weighted by molar-refractivity contribution is 0.290. The molecule has 0 unspecified atom stereocenters. The number of nitrogens with one attached hydrogen (secondary N) is 1. The van der Waals surface area contributed by atoms with Crippen LogP contribution >= 0.6 is 0 Å². The Morgan fingerprint density at radius 3 is 3.12 bits per heavy atom. The molecule has 0 fully saturated rings. The Bertz CT molecular complexity index is 518. The Balaban J connectivity index is 2.24. The van der Waals surface area contributed by atoms with E-state index in [1.54, 1.807) is 10.7 Å². The fraction of sp³-hybridized carbons (Fsp3) is 0.333. The molecule has 90 valence electrons. The van der Waals surface area contributed by atoms with Gasteiger partial charge in [-0.3, -0.25) is 0 Å². The van der Waals surface area contributed by atoms with Crippen LogP contribution in [0.2, 0.25) is 0 Å². The highest BCUT2D eigenvalue weighted by Gasteiger charge is 2.01. The van der Waals surface area contributed by atoms with Gasteiger partial charge in [0.2, 0.25) is 0 Å². The normalized spacial score (nSPS) is 11.4. The van der Waals surface area contributed by atoms with Crippen LogP contribution in [0, 0.1) is 0 Å². The second kappa shape index (κ2) is 5.45. The Kier molecular flexibility index (Phi) is 3.72. The summed E-state index contributed by atoms with van der Waals surface area (Å²) in [7, 11) is 1.84. The van der Waals surface area contributed by atoms with Crippen LogP contribution in [-0.2, 0) is 0 Å². The van der Waals surface area contributed by atoms with Crippen molar-refractivity contribution in [3.8, 4) is 0 Å². The predicted octanol–water partition coefficient (Wildman–Crippen LogP) is 1.56. The van der Waals surface area contributed by atoms with E-state index < -0.39 is 0 Å². The zero-order valence-corrected chi connectivity index (χ0v) is 9.80. The molecule has 0 saturated carbocycles. The Labute approximate surface area is 99.8 Å². The summed E-state index contributed by atoms with van der Waals surface area (Å²) in [6, 6.07) is 3.81. The van der Waals surface area contributed by atoms with E-state index >= 15 is 0 Å². The molecule has 2 aromatic rings. The first-order valence-electron chi connectivity index (χ1n) is 5.65. The molecule has 2 aromatic heterocycles. The van der Waals surface area contributed by atoms with E-state index in [0.717, 1.165) is 30.0 Å². The molecule has 0 radical (unpaired) electrons. The smallest absolute Gasteiger partial charge is 0.154 e. The van der Waals surface area contributed by atoms with E-state index in [-0.39, 0.29) is 6.61 Å². The minimum Gasteiger partial charge on any atom is -0.396 e. The molecule has 0 aliphatic carbocycles. The lowest BCUT2D eigenvalue weighted by Crippen LogP contribution is -1.99. The van der Waals surface area contributed by atoms with Gasteiger partial charge in [0.1, 0.15) is 5.82 Å². The van der Waals surface area contributed by atoms with Gasteiger partial charge in [-0.15, -0.1) is 5.10 Å². The predicted molar refractivity (Wildman–Crippen MR) is 67.9 cm³/mol. The molecule has 5 heteroatoms. The Morgan fingerprint density at radius 1 is 1.47 bits per heavy atom. The van der Waals surface area contributed by atoms with Gasteiger partial charge in [0.05, 0.1) is 11.9 Å². The van der Waals surface area contributed by atoms with Crippen molar-refractivity contribution in [3.63, 3.8) is 0 Å². The second-order valence-corrected chi connectivity index (χ2v) is 3.69. The first kappa shape index (κ1) is 11.6. The van der Waals surface area contributed by atoms with Crippen molar-refractivity contribution in [1.29, 1.82) is 0 Å². The molecule has 5 nitrogen and oxygen atoms in total. The minimum atomic E-state index is 0.222. The van der Waals surface area contributed by atoms with Crippen molar-refractivity contribution < 1.29 is 5.11 Å². The van der Waals surface area contributed by atoms with Crippen LogP contribution in [0.5, 0.6) is 0 Å². The quantitative estimate of drug-likeness (QED) is 0.768. The average Bonchev–Trinajstić information content (AvgIpc) is 2.77. The van der Waals surface area contributed by atoms with E-state index in [2.05, 4.69) is 15.4 Å². The van der Waals surface area contributed by atoms with Gasteiger partial charge in [-0.2, -0.15) is 0 Å². The van der Waals surface area contributed by atoms with Gasteiger partial charge in [0, 0.05) is 13.7 Å². The van der Waals surface area contributed by atoms with Crippen LogP contribution < -0.4 is 5.32 Å². The van der Waals surface area contributed by atoms with Crippen LogP contribution in [0.15, 0.2) is 24.4 Å². The summed E-state index contributed by atoms with van der Waals surface area (Å²) in [4.78, 5) is 4.27. The molecule has 0 saturated heterocycles. The number of imidazole rings is 1. The van der Waals surface area contributed by atoms with Gasteiger partial charge in [0.25, 0.3) is 0 Å². The minimum absolute atomic E-state index is 0.222. The summed E-state index contributed by atoms with van der Waals surface area (Å²) < 4.78 is 1.79. The van der Waals surface area contributed by atoms with E-state index in [0.29, 0.717) is 0 Å². The zero-order chi connectivity index (χ0) is 12.1. The lowest BCUT2D eigenvalue weighted by atomic mass is 10.3. The first-order valence-corrected chi connectivity index (χ1v) is 5.65. The molecule has 0 bridgehead atoms. The molecule has 0 atom stereocenters. The molecule has 17 heavy (non-hydrogen) atoms. The van der Waals surface area contributed by atoms with Crippen LogP contribution in [0.1, 0.15) is 18.5 Å². The van der Waals surface area contributed by atoms with Gasteiger partial charge in [-0.25, -0.2) is 9.50 Å². The number of rotatable bonds is 5. The highest BCUT2D eigenvalue weighted by atomic mass is 16.2. The number of nitrogens with zero attached hydrogens (tertiary/aromatic N) is 3. The van der Waals surface area contributed by atoms with Crippen molar-refractivity contribution in [2.45, 2.75) is 12.8 Å². The molecule has 2 heterocycles. The summed E-state index contributed by atoms with van der Waals surface area (Å²) in [6.07, 6.45) is 7.42. The van der Waals surface area contributed by atoms with Crippen LogP contribution in [0.25, 0.3) is 11.7 Å². The summed E-state index contributed by atoms with van der Waals surface area (Å²) in [5, 5.41) is 16.1. The summed E-state index contributed by atoms with van der Waals surface area (Å²) in [5.74, 6) is 0.806. The molecule has 0 amide bonds. The number of allylic oxidation sites excluding steroid dienone is 1. The Morgan fingerprint density at radius 2 is 2.35 bits per heavy atom. The molecule has 0 aromatic carbocycles. The summed E-state index contributed by atoms with van der Waals surface area (Å²) >= 11 is 0. The highest BCUT2D eigenvalue weighted by Crippen LogP contribution is 2.10. The van der Waals surface area contributed by atoms with Crippen molar-refractivity contribution >= 4 is 17.5 Å². The van der Waals surface area contributed by atoms with E-state index in [9.17, 15) is 0 Å². The van der Waals surface area contributed by atoms with Gasteiger partial charge in [-0.1, -0.05) is 6.08 Å². The SMILES string of the molecule is CNc1ccc2ncc(C=CCCCO)n2n1. The maximum Gasteiger partial charge on any atom is 0.154 e. The second-order valence-electron chi connectivity index (χ2n) is 3.69. The van der Waals surface area contributed by atoms with Crippen LogP contribution in [0.3, 0.4) is 0 Å². The molecular formula is C12H16N4O. The third kappa shape index (κ3) is 2.62. The van der Waals surface area contributed by atoms with Crippen LogP contribution in [-0.4, -0.2) is 33.4 Å². The average molecular weight is 232 g/mol. The van der Waals surface area contributed by atoms with E-state index in [1.165, 1.54) is 0 Å². The summed E-state index contributed by atoms with van der Waals surface area (Å²) in [6.45, 7) is 0.222. The fourth-order valence-electron chi connectivity index (χ4n) is 1.55. The number of aliphatic hydroxyl groups is 1. The van der Waals surface area contributed by atoms with Crippen molar-refractivity contribution in [2.24, 2.45) is 0 Å². The number of unbranched alkanes of at least 4 members (excludes halogenated alkanes) is 1. The molecule has 0 spiro atoms. The van der Waals surface area contributed by atoms with E-state index in [1.807, 2.05) is 31.3 Å². The standard InChI is InChI=1S/C12H16N4O/c1-13-11-6-7-12-14-9-10(16(12)15-11)5-3-2-4-8-17/h3,5-7,9,17H,2,4,8H2,1H3,(H,13,15). The topological polar surface area (TPSA) is 62.5 Å². The van der Waals surface area contributed by atoms with Crippen molar-refractivity contribution in [3.05, 3.63) is 30.1 Å². The third-order valence-corrected chi connectivity index (χ3v) is 2.46. The van der Waals surface area contributed by atoms with Crippen molar-refractivity contribution in [1.82, 2.24) is 14.6 Å². The van der Waals surface area contributed by atoms with Crippen molar-refractivity contribution in [2.75, 3.05) is 19.0 Å². The fourth-order valence-corrected chi connectivity index (χ4v) is 1.55. The van der Waals surface area contributed by atoms with Gasteiger partial charge >= 0.3 is 0 Å². The third-order valence-electron chi connectivity index (χ3n) is 2.46. The highest BCUT2D eigenvalue weighted by molar-refractivity contribution is 5.53. The molecule has 0 aliphatic heterocycles. The number of anilines is 1. The number of hydrogen-bond acceptors (Lipinski definition) is 4. The summed E-state index contributed by atoms with van der Waals surface area (Å²) in [5.41, 5.74) is 1.76. The number of aliphatic hydroxyl groups excluding tert-OH is 1. The van der Waals surface area contributed by atoms with Gasteiger partial charge in [-0.05, 0) is 31.1 Å². The number of aromatic nitrogens is 3. The van der Waals surface area contributed by atoms with Crippen LogP contribution in [0.4, 0.5) is 5.82 Å². The molecule has 0 aliphatic rings. The molecule has 2 rings (SSSR count). The first-order chi connectivity index (χ1) is 8.35. The zero-order valence-electron chi connectivity index (χ0n) is 9.80. The maximum absolute atomic E-state index is 8.69. The largest absolute Gasteiger partial charge is 0.396 e. The van der Waals surface area contributed by atoms with Gasteiger partial charge < -0.3 is 10.4 Å². The number of fused-ring (bicyclic) bond motifs is 1. The Hall–Kier alpha value is -1.88. The maximum atomic E-state index is 8.69. The van der Waals surface area contributed by atoms with E-state index in [4.69, 9.17) is 5.11 Å².